The quantitative estimate of drug-likeness (QED) is 0.825. The Hall–Kier alpha value is -1.37. The van der Waals surface area contributed by atoms with Gasteiger partial charge in [-0.25, -0.2) is 0 Å². The number of nitrogens with zero attached hydrogens (tertiary/aromatic N) is 1. The Morgan fingerprint density at radius 3 is 2.83 bits per heavy atom. The number of amides is 1. The molecule has 6 nitrogen and oxygen atoms in total. The van der Waals surface area contributed by atoms with E-state index in [-0.39, 0.29) is 18.1 Å². The molecule has 6 heteroatoms. The molecule has 3 rings (SSSR count). The maximum absolute atomic E-state index is 12.5. The minimum atomic E-state index is -0.183. The molecule has 134 valence electrons. The van der Waals surface area contributed by atoms with Gasteiger partial charge in [-0.3, -0.25) is 9.69 Å². The zero-order valence-electron chi connectivity index (χ0n) is 14.7. The van der Waals surface area contributed by atoms with Gasteiger partial charge in [0.15, 0.2) is 5.76 Å². The number of carbonyl (C=O) groups is 1. The molecule has 1 aromatic heterocycles. The molecule has 2 atom stereocenters. The highest BCUT2D eigenvalue weighted by atomic mass is 16.5. The molecule has 0 aliphatic carbocycles. The fourth-order valence-corrected chi connectivity index (χ4v) is 3.48. The van der Waals surface area contributed by atoms with Gasteiger partial charge in [-0.1, -0.05) is 6.92 Å². The molecule has 2 aliphatic heterocycles. The highest BCUT2D eigenvalue weighted by Crippen LogP contribution is 2.21. The molecule has 24 heavy (non-hydrogen) atoms. The monoisotopic (exact) mass is 336 g/mol. The fourth-order valence-electron chi connectivity index (χ4n) is 3.48. The standard InChI is InChI=1S/C18H28N2O4/c1-3-15-13(10-20-7-5-6-8-20)9-16(24-15)18(21)19-14-11-22-12-17(14)23-4-2/h9,14,17H,3-8,10-12H2,1-2H3,(H,19,21)/t14-,17-/m0/s1. The highest BCUT2D eigenvalue weighted by molar-refractivity contribution is 5.92. The van der Waals surface area contributed by atoms with Crippen LogP contribution in [-0.2, 0) is 22.4 Å². The van der Waals surface area contributed by atoms with Crippen LogP contribution in [0.1, 0.15) is 48.6 Å². The Morgan fingerprint density at radius 2 is 2.12 bits per heavy atom. The van der Waals surface area contributed by atoms with E-state index in [0.29, 0.717) is 25.6 Å². The third kappa shape index (κ3) is 3.99. The van der Waals surface area contributed by atoms with Crippen molar-refractivity contribution in [1.82, 2.24) is 10.2 Å². The molecule has 2 saturated heterocycles. The highest BCUT2D eigenvalue weighted by Gasteiger charge is 2.31. The first-order valence-electron chi connectivity index (χ1n) is 9.05. The van der Waals surface area contributed by atoms with Crippen LogP contribution < -0.4 is 5.32 Å². The second kappa shape index (κ2) is 8.14. The van der Waals surface area contributed by atoms with Gasteiger partial charge in [0.2, 0.25) is 0 Å². The van der Waals surface area contributed by atoms with E-state index in [0.717, 1.165) is 37.4 Å². The molecule has 0 aromatic carbocycles. The molecule has 0 bridgehead atoms. The van der Waals surface area contributed by atoms with E-state index in [1.54, 1.807) is 0 Å². The molecule has 1 N–H and O–H groups in total. The molecule has 0 radical (unpaired) electrons. The average molecular weight is 336 g/mol. The maximum Gasteiger partial charge on any atom is 0.287 e. The van der Waals surface area contributed by atoms with Gasteiger partial charge in [-0.05, 0) is 38.9 Å². The van der Waals surface area contributed by atoms with Crippen LogP contribution in [0.4, 0.5) is 0 Å². The van der Waals surface area contributed by atoms with Crippen molar-refractivity contribution in [3.63, 3.8) is 0 Å². The van der Waals surface area contributed by atoms with Gasteiger partial charge >= 0.3 is 0 Å². The van der Waals surface area contributed by atoms with E-state index in [1.165, 1.54) is 12.8 Å². The fraction of sp³-hybridized carbons (Fsp3) is 0.722. The van der Waals surface area contributed by atoms with Crippen molar-refractivity contribution in [3.8, 4) is 0 Å². The van der Waals surface area contributed by atoms with Crippen LogP contribution in [0.15, 0.2) is 10.5 Å². The van der Waals surface area contributed by atoms with E-state index in [2.05, 4.69) is 17.1 Å². The molecule has 1 amide bonds. The number of rotatable bonds is 7. The van der Waals surface area contributed by atoms with Gasteiger partial charge in [0.1, 0.15) is 11.9 Å². The van der Waals surface area contributed by atoms with E-state index in [9.17, 15) is 4.79 Å². The molecule has 0 spiro atoms. The van der Waals surface area contributed by atoms with Gasteiger partial charge < -0.3 is 19.2 Å². The van der Waals surface area contributed by atoms with E-state index < -0.39 is 0 Å². The van der Waals surface area contributed by atoms with Gasteiger partial charge in [-0.2, -0.15) is 0 Å². The van der Waals surface area contributed by atoms with E-state index in [4.69, 9.17) is 13.9 Å². The zero-order valence-corrected chi connectivity index (χ0v) is 14.7. The minimum absolute atomic E-state index is 0.0800. The van der Waals surface area contributed by atoms with Crippen molar-refractivity contribution in [2.75, 3.05) is 32.9 Å². The largest absolute Gasteiger partial charge is 0.456 e. The number of carbonyl (C=O) groups excluding carboxylic acids is 1. The smallest absolute Gasteiger partial charge is 0.287 e. The summed E-state index contributed by atoms with van der Waals surface area (Å²) in [5, 5.41) is 2.99. The van der Waals surface area contributed by atoms with Gasteiger partial charge in [-0.15, -0.1) is 0 Å². The molecule has 3 heterocycles. The summed E-state index contributed by atoms with van der Waals surface area (Å²) in [6.07, 6.45) is 3.23. The first kappa shape index (κ1) is 17.5. The van der Waals surface area contributed by atoms with Crippen LogP contribution in [0.25, 0.3) is 0 Å². The van der Waals surface area contributed by atoms with Crippen LogP contribution in [0, 0.1) is 0 Å². The van der Waals surface area contributed by atoms with Crippen LogP contribution in [0.5, 0.6) is 0 Å². The molecular formula is C18H28N2O4. The van der Waals surface area contributed by atoms with Crippen LogP contribution in [0.3, 0.4) is 0 Å². The first-order chi connectivity index (χ1) is 11.7. The molecule has 0 unspecified atom stereocenters. The Bertz CT molecular complexity index is 551. The summed E-state index contributed by atoms with van der Waals surface area (Å²) < 4.78 is 16.9. The SMILES string of the molecule is CCO[C@H]1COC[C@@H]1NC(=O)c1cc(CN2CCCC2)c(CC)o1. The Morgan fingerprint density at radius 1 is 1.33 bits per heavy atom. The van der Waals surface area contributed by atoms with Crippen LogP contribution in [-0.4, -0.2) is 55.9 Å². The van der Waals surface area contributed by atoms with Gasteiger partial charge in [0.05, 0.1) is 19.3 Å². The lowest BCUT2D eigenvalue weighted by atomic mass is 10.2. The number of likely N-dealkylation sites (tertiary alicyclic amines) is 1. The summed E-state index contributed by atoms with van der Waals surface area (Å²) in [5.74, 6) is 1.12. The van der Waals surface area contributed by atoms with E-state index >= 15 is 0 Å². The van der Waals surface area contributed by atoms with Crippen LogP contribution >= 0.6 is 0 Å². The number of hydrogen-bond acceptors (Lipinski definition) is 5. The third-order valence-corrected chi connectivity index (χ3v) is 4.76. The Labute approximate surface area is 143 Å². The second-order valence-electron chi connectivity index (χ2n) is 6.51. The lowest BCUT2D eigenvalue weighted by Crippen LogP contribution is -2.43. The van der Waals surface area contributed by atoms with Gasteiger partial charge in [0.25, 0.3) is 5.91 Å². The lowest BCUT2D eigenvalue weighted by Gasteiger charge is -2.18. The predicted molar refractivity (Wildman–Crippen MR) is 90.1 cm³/mol. The van der Waals surface area contributed by atoms with Crippen molar-refractivity contribution in [2.24, 2.45) is 0 Å². The van der Waals surface area contributed by atoms with Crippen molar-refractivity contribution in [1.29, 1.82) is 0 Å². The average Bonchev–Trinajstić information content (AvgIpc) is 3.30. The summed E-state index contributed by atoms with van der Waals surface area (Å²) >= 11 is 0. The number of aryl methyl sites for hydroxylation is 1. The maximum atomic E-state index is 12.5. The molecule has 2 aliphatic rings. The van der Waals surface area contributed by atoms with Crippen molar-refractivity contribution < 1.29 is 18.7 Å². The predicted octanol–water partition coefficient (Wildman–Crippen LogP) is 1.97. The van der Waals surface area contributed by atoms with Crippen molar-refractivity contribution in [3.05, 3.63) is 23.2 Å². The van der Waals surface area contributed by atoms with Crippen LogP contribution in [0.2, 0.25) is 0 Å². The summed E-state index contributed by atoms with van der Waals surface area (Å²) in [7, 11) is 0. The summed E-state index contributed by atoms with van der Waals surface area (Å²) in [6.45, 7) is 8.76. The van der Waals surface area contributed by atoms with Gasteiger partial charge in [0, 0.05) is 25.1 Å². The second-order valence-corrected chi connectivity index (χ2v) is 6.51. The summed E-state index contributed by atoms with van der Waals surface area (Å²) in [6, 6.07) is 1.78. The number of nitrogens with one attached hydrogen (secondary N) is 1. The summed E-state index contributed by atoms with van der Waals surface area (Å²) in [5.41, 5.74) is 1.13. The Balaban J connectivity index is 1.64. The topological polar surface area (TPSA) is 63.9 Å². The third-order valence-electron chi connectivity index (χ3n) is 4.76. The first-order valence-corrected chi connectivity index (χ1v) is 9.05. The molecule has 2 fully saturated rings. The number of hydrogen-bond donors (Lipinski definition) is 1. The normalized spacial score (nSPS) is 24.6. The van der Waals surface area contributed by atoms with E-state index in [1.807, 2.05) is 13.0 Å². The zero-order chi connectivity index (χ0) is 16.9. The molecular weight excluding hydrogens is 308 g/mol. The number of ether oxygens (including phenoxy) is 2. The summed E-state index contributed by atoms with van der Waals surface area (Å²) in [4.78, 5) is 15.0. The molecule has 0 saturated carbocycles. The van der Waals surface area contributed by atoms with Crippen molar-refractivity contribution >= 4 is 5.91 Å². The minimum Gasteiger partial charge on any atom is -0.456 e. The van der Waals surface area contributed by atoms with Crippen molar-refractivity contribution in [2.45, 2.75) is 51.8 Å². The Kier molecular flexibility index (Phi) is 5.92. The molecule has 1 aromatic rings. The lowest BCUT2D eigenvalue weighted by molar-refractivity contribution is 0.0399. The number of furan rings is 1.